The number of halogens is 2. The highest BCUT2D eigenvalue weighted by molar-refractivity contribution is 6.35. The lowest BCUT2D eigenvalue weighted by molar-refractivity contribution is -0.127. The van der Waals surface area contributed by atoms with Crippen molar-refractivity contribution in [3.63, 3.8) is 0 Å². The van der Waals surface area contributed by atoms with Crippen molar-refractivity contribution < 1.29 is 14.0 Å². The second kappa shape index (κ2) is 6.05. The molecule has 3 amide bonds. The standard InChI is InChI=1S/C14H13ClFN3O2/c1-17-14(21)19(2)11(20)6-3-8-7-18-13-9(8)4-5-10(16)12(13)15/h4-5,7,18H,1,3,6H2,2H3. The van der Waals surface area contributed by atoms with Crippen LogP contribution in [-0.2, 0) is 11.2 Å². The van der Waals surface area contributed by atoms with Crippen LogP contribution in [0.2, 0.25) is 5.02 Å². The molecule has 1 aromatic heterocycles. The van der Waals surface area contributed by atoms with E-state index in [1.807, 2.05) is 0 Å². The topological polar surface area (TPSA) is 65.5 Å². The smallest absolute Gasteiger partial charge is 0.349 e. The first-order valence-electron chi connectivity index (χ1n) is 6.17. The fraction of sp³-hybridized carbons (Fsp3) is 0.214. The highest BCUT2D eigenvalue weighted by Gasteiger charge is 2.16. The second-order valence-electron chi connectivity index (χ2n) is 4.49. The summed E-state index contributed by atoms with van der Waals surface area (Å²) in [5, 5.41) is 0.776. The molecule has 0 bridgehead atoms. The SMILES string of the molecule is C=NC(=O)N(C)C(=O)CCc1c[nH]c2c(Cl)c(F)ccc12. The average Bonchev–Trinajstić information content (AvgIpc) is 2.90. The summed E-state index contributed by atoms with van der Waals surface area (Å²) in [6, 6.07) is 2.19. The lowest BCUT2D eigenvalue weighted by Crippen LogP contribution is -2.30. The number of carbonyl (C=O) groups is 2. The van der Waals surface area contributed by atoms with Gasteiger partial charge in [0.15, 0.2) is 0 Å². The van der Waals surface area contributed by atoms with Crippen LogP contribution in [0, 0.1) is 5.82 Å². The van der Waals surface area contributed by atoms with Crippen LogP contribution in [0.1, 0.15) is 12.0 Å². The Bertz CT molecular complexity index is 726. The molecular formula is C14H13ClFN3O2. The number of H-pyrrole nitrogens is 1. The third-order valence-electron chi connectivity index (χ3n) is 3.24. The van der Waals surface area contributed by atoms with Crippen molar-refractivity contribution in [1.82, 2.24) is 9.88 Å². The fourth-order valence-electron chi connectivity index (χ4n) is 2.03. The molecule has 7 heteroatoms. The number of carbonyl (C=O) groups excluding carboxylic acids is 2. The quantitative estimate of drug-likeness (QED) is 0.885. The highest BCUT2D eigenvalue weighted by Crippen LogP contribution is 2.28. The van der Waals surface area contributed by atoms with Gasteiger partial charge in [0, 0.05) is 25.1 Å². The number of nitrogens with one attached hydrogen (secondary N) is 1. The van der Waals surface area contributed by atoms with Crippen molar-refractivity contribution in [1.29, 1.82) is 0 Å². The van der Waals surface area contributed by atoms with Gasteiger partial charge in [0.25, 0.3) is 0 Å². The van der Waals surface area contributed by atoms with Crippen LogP contribution < -0.4 is 0 Å². The van der Waals surface area contributed by atoms with Gasteiger partial charge in [0.2, 0.25) is 5.91 Å². The molecule has 2 rings (SSSR count). The molecule has 0 aliphatic carbocycles. The zero-order valence-electron chi connectivity index (χ0n) is 11.3. The highest BCUT2D eigenvalue weighted by atomic mass is 35.5. The number of fused-ring (bicyclic) bond motifs is 1. The van der Waals surface area contributed by atoms with Gasteiger partial charge in [-0.25, -0.2) is 14.2 Å². The Labute approximate surface area is 125 Å². The van der Waals surface area contributed by atoms with Gasteiger partial charge in [-0.05, 0) is 30.8 Å². The monoisotopic (exact) mass is 309 g/mol. The van der Waals surface area contributed by atoms with Crippen LogP contribution in [0.25, 0.3) is 10.9 Å². The van der Waals surface area contributed by atoms with E-state index in [2.05, 4.69) is 16.7 Å². The van der Waals surface area contributed by atoms with Crippen LogP contribution in [0.5, 0.6) is 0 Å². The molecule has 0 fully saturated rings. The number of aromatic amines is 1. The Morgan fingerprint density at radius 3 is 2.86 bits per heavy atom. The van der Waals surface area contributed by atoms with Gasteiger partial charge in [0.05, 0.1) is 5.52 Å². The number of urea groups is 1. The summed E-state index contributed by atoms with van der Waals surface area (Å²) < 4.78 is 13.3. The number of benzene rings is 1. The second-order valence-corrected chi connectivity index (χ2v) is 4.87. The molecule has 110 valence electrons. The Morgan fingerprint density at radius 1 is 1.48 bits per heavy atom. The molecule has 0 radical (unpaired) electrons. The number of aromatic nitrogens is 1. The Kier molecular flexibility index (Phi) is 4.37. The van der Waals surface area contributed by atoms with Gasteiger partial charge in [-0.1, -0.05) is 11.6 Å². The number of nitrogens with zero attached hydrogens (tertiary/aromatic N) is 2. The molecule has 0 unspecified atom stereocenters. The normalized spacial score (nSPS) is 10.6. The van der Waals surface area contributed by atoms with Crippen LogP contribution in [0.15, 0.2) is 23.3 Å². The maximum atomic E-state index is 13.3. The van der Waals surface area contributed by atoms with Gasteiger partial charge >= 0.3 is 6.03 Å². The van der Waals surface area contributed by atoms with E-state index in [1.165, 1.54) is 13.1 Å². The summed E-state index contributed by atoms with van der Waals surface area (Å²) in [5.74, 6) is -0.869. The summed E-state index contributed by atoms with van der Waals surface area (Å²) in [5.41, 5.74) is 1.32. The van der Waals surface area contributed by atoms with Crippen molar-refractivity contribution in [3.05, 3.63) is 34.7 Å². The summed E-state index contributed by atoms with van der Waals surface area (Å²) in [6.45, 7) is 3.08. The molecule has 0 spiro atoms. The van der Waals surface area contributed by atoms with Crippen LogP contribution >= 0.6 is 11.6 Å². The maximum Gasteiger partial charge on any atom is 0.349 e. The lowest BCUT2D eigenvalue weighted by atomic mass is 10.1. The molecule has 2 aromatic rings. The van der Waals surface area contributed by atoms with Gasteiger partial charge in [-0.15, -0.1) is 0 Å². The van der Waals surface area contributed by atoms with E-state index in [0.717, 1.165) is 15.8 Å². The summed E-state index contributed by atoms with van der Waals surface area (Å²) in [6.07, 6.45) is 2.20. The third kappa shape index (κ3) is 2.95. The summed E-state index contributed by atoms with van der Waals surface area (Å²) in [7, 11) is 1.35. The summed E-state index contributed by atoms with van der Waals surface area (Å²) >= 11 is 5.87. The number of imide groups is 1. The van der Waals surface area contributed by atoms with Gasteiger partial charge in [-0.2, -0.15) is 0 Å². The fourth-order valence-corrected chi connectivity index (χ4v) is 2.24. The molecule has 0 aliphatic rings. The van der Waals surface area contributed by atoms with Crippen LogP contribution in [0.4, 0.5) is 9.18 Å². The molecule has 0 aliphatic heterocycles. The van der Waals surface area contributed by atoms with Crippen LogP contribution in [0.3, 0.4) is 0 Å². The van der Waals surface area contributed by atoms with Crippen molar-refractivity contribution in [2.24, 2.45) is 4.99 Å². The van der Waals surface area contributed by atoms with E-state index in [1.54, 1.807) is 12.3 Å². The van der Waals surface area contributed by atoms with E-state index in [-0.39, 0.29) is 17.4 Å². The third-order valence-corrected chi connectivity index (χ3v) is 3.61. The zero-order chi connectivity index (χ0) is 15.6. The molecule has 1 aromatic carbocycles. The van der Waals surface area contributed by atoms with E-state index in [4.69, 9.17) is 11.6 Å². The molecule has 0 saturated carbocycles. The molecule has 21 heavy (non-hydrogen) atoms. The molecular weight excluding hydrogens is 297 g/mol. The molecule has 5 nitrogen and oxygen atoms in total. The Hall–Kier alpha value is -2.21. The Morgan fingerprint density at radius 2 is 2.19 bits per heavy atom. The first-order valence-corrected chi connectivity index (χ1v) is 6.54. The first kappa shape index (κ1) is 15.2. The van der Waals surface area contributed by atoms with E-state index in [0.29, 0.717) is 11.9 Å². The maximum absolute atomic E-state index is 13.3. The largest absolute Gasteiger partial charge is 0.360 e. The van der Waals surface area contributed by atoms with Crippen molar-refractivity contribution in [2.75, 3.05) is 7.05 Å². The first-order chi connectivity index (χ1) is 9.95. The minimum absolute atomic E-state index is 0.0215. The molecule has 0 atom stereocenters. The van der Waals surface area contributed by atoms with Gasteiger partial charge in [-0.3, -0.25) is 9.69 Å². The van der Waals surface area contributed by atoms with Crippen molar-refractivity contribution >= 4 is 41.2 Å². The molecule has 0 saturated heterocycles. The van der Waals surface area contributed by atoms with Crippen LogP contribution in [-0.4, -0.2) is 35.6 Å². The van der Waals surface area contributed by atoms with E-state index in [9.17, 15) is 14.0 Å². The number of amides is 3. The molecule has 1 N–H and O–H groups in total. The van der Waals surface area contributed by atoms with E-state index >= 15 is 0 Å². The number of aryl methyl sites for hydroxylation is 1. The summed E-state index contributed by atoms with van der Waals surface area (Å²) in [4.78, 5) is 30.0. The number of aliphatic imine (C=N–C) groups is 1. The predicted octanol–water partition coefficient (Wildman–Crippen LogP) is 3.17. The lowest BCUT2D eigenvalue weighted by Gasteiger charge is -2.11. The molecule has 1 heterocycles. The van der Waals surface area contributed by atoms with E-state index < -0.39 is 11.8 Å². The van der Waals surface area contributed by atoms with Gasteiger partial charge < -0.3 is 4.98 Å². The van der Waals surface area contributed by atoms with Gasteiger partial charge in [0.1, 0.15) is 10.8 Å². The Balaban J connectivity index is 2.15. The number of hydrogen-bond donors (Lipinski definition) is 1. The minimum Gasteiger partial charge on any atom is -0.360 e. The van der Waals surface area contributed by atoms with Crippen molar-refractivity contribution in [3.8, 4) is 0 Å². The minimum atomic E-state index is -0.691. The average molecular weight is 310 g/mol. The number of rotatable bonds is 3. The predicted molar refractivity (Wildman–Crippen MR) is 79.3 cm³/mol. The number of hydrogen-bond acceptors (Lipinski definition) is 2. The zero-order valence-corrected chi connectivity index (χ0v) is 12.1. The van der Waals surface area contributed by atoms with Crippen molar-refractivity contribution in [2.45, 2.75) is 12.8 Å².